The van der Waals surface area contributed by atoms with Gasteiger partial charge in [-0.1, -0.05) is 0 Å². The summed E-state index contributed by atoms with van der Waals surface area (Å²) in [6.07, 6.45) is 5.96. The summed E-state index contributed by atoms with van der Waals surface area (Å²) in [7, 11) is 5.59. The molecule has 2 fully saturated rings. The van der Waals surface area contributed by atoms with E-state index < -0.39 is 11.6 Å². The van der Waals surface area contributed by atoms with E-state index in [2.05, 4.69) is 11.3 Å². The number of benzene rings is 1. The molecule has 4 heterocycles. The third kappa shape index (κ3) is 3.97. The van der Waals surface area contributed by atoms with Crippen LogP contribution in [0.5, 0.6) is 0 Å². The molecule has 36 heavy (non-hydrogen) atoms. The Hall–Kier alpha value is -3.60. The van der Waals surface area contributed by atoms with Crippen molar-refractivity contribution in [2.75, 3.05) is 37.0 Å². The molecule has 11 heteroatoms. The number of rotatable bonds is 5. The van der Waals surface area contributed by atoms with Crippen LogP contribution in [-0.2, 0) is 11.8 Å². The van der Waals surface area contributed by atoms with Crippen molar-refractivity contribution in [2.45, 2.75) is 38.0 Å². The lowest BCUT2D eigenvalue weighted by molar-refractivity contribution is -0.0178. The van der Waals surface area contributed by atoms with Crippen LogP contribution < -0.4 is 9.80 Å². The number of imidazole rings is 1. The monoisotopic (exact) mass is 494 g/mol. The number of aryl methyl sites for hydroxylation is 1. The molecule has 0 bridgehead atoms. The van der Waals surface area contributed by atoms with Crippen LogP contribution in [0.4, 0.5) is 20.7 Å². The van der Waals surface area contributed by atoms with Crippen LogP contribution in [0.1, 0.15) is 37.5 Å². The van der Waals surface area contributed by atoms with Gasteiger partial charge in [0, 0.05) is 51.1 Å². The van der Waals surface area contributed by atoms with Gasteiger partial charge in [-0.2, -0.15) is 15.1 Å². The lowest BCUT2D eigenvalue weighted by atomic mass is 10.1. The smallest absolute Gasteiger partial charge is 0.228 e. The summed E-state index contributed by atoms with van der Waals surface area (Å²) in [5.74, 6) is -0.244. The van der Waals surface area contributed by atoms with Gasteiger partial charge in [-0.05, 0) is 31.9 Å². The minimum atomic E-state index is -0.686. The largest absolute Gasteiger partial charge is 0.367 e. The molecule has 1 aliphatic heterocycles. The van der Waals surface area contributed by atoms with Gasteiger partial charge in [-0.15, -0.1) is 0 Å². The fraction of sp³-hybridized carbons (Fsp3) is 0.440. The molecule has 9 nitrogen and oxygen atoms in total. The second kappa shape index (κ2) is 8.51. The van der Waals surface area contributed by atoms with Crippen molar-refractivity contribution in [3.05, 3.63) is 47.8 Å². The first kappa shape index (κ1) is 22.8. The maximum Gasteiger partial charge on any atom is 0.228 e. The third-order valence-corrected chi connectivity index (χ3v) is 6.74. The molecule has 0 radical (unpaired) electrons. The predicted octanol–water partition coefficient (Wildman–Crippen LogP) is 3.87. The fourth-order valence-corrected chi connectivity index (χ4v) is 4.86. The number of hydrogen-bond donors (Lipinski definition) is 0. The summed E-state index contributed by atoms with van der Waals surface area (Å²) in [6.45, 7) is 3.09. The molecule has 1 saturated heterocycles. The van der Waals surface area contributed by atoms with Gasteiger partial charge in [0.1, 0.15) is 28.9 Å². The van der Waals surface area contributed by atoms with Crippen molar-refractivity contribution in [1.82, 2.24) is 29.3 Å². The number of hydrogen-bond acceptors (Lipinski definition) is 7. The highest BCUT2D eigenvalue weighted by atomic mass is 19.1. The van der Waals surface area contributed by atoms with E-state index in [9.17, 15) is 8.78 Å². The normalized spacial score (nSPS) is 20.3. The standard InChI is InChI=1S/C25H28F2N8O/c1-14-11-34(13-20(36-14)15-10-28-35(12-15)17-6-7-17)24-29-21(18-8-5-16(26)9-19(18)27)22-23(30-24)31-25(32(2)3)33(22)4/h5,8-10,12,14,17,20H,6-7,11,13H2,1-4H3/t14-,20-/m1/s1. The fourth-order valence-electron chi connectivity index (χ4n) is 4.86. The summed E-state index contributed by atoms with van der Waals surface area (Å²) in [4.78, 5) is 18.2. The third-order valence-electron chi connectivity index (χ3n) is 6.74. The zero-order valence-electron chi connectivity index (χ0n) is 20.7. The first-order valence-corrected chi connectivity index (χ1v) is 12.1. The molecule has 0 unspecified atom stereocenters. The highest BCUT2D eigenvalue weighted by Gasteiger charge is 2.32. The van der Waals surface area contributed by atoms with Crippen molar-refractivity contribution in [2.24, 2.45) is 7.05 Å². The SMILES string of the molecule is C[C@@H]1CN(c2nc(-c3ccc(F)cc3F)c3c(n2)nc(N(C)C)n3C)C[C@H](c2cnn(C3CC3)c2)O1. The zero-order valence-corrected chi connectivity index (χ0v) is 20.7. The van der Waals surface area contributed by atoms with Gasteiger partial charge in [0.2, 0.25) is 11.9 Å². The van der Waals surface area contributed by atoms with Crippen LogP contribution >= 0.6 is 0 Å². The summed E-state index contributed by atoms with van der Waals surface area (Å²) in [6, 6.07) is 4.01. The van der Waals surface area contributed by atoms with Gasteiger partial charge in [0.15, 0.2) is 5.65 Å². The van der Waals surface area contributed by atoms with Crippen LogP contribution in [0, 0.1) is 11.6 Å². The summed E-state index contributed by atoms with van der Waals surface area (Å²) in [5, 5.41) is 4.51. The maximum atomic E-state index is 15.0. The summed E-state index contributed by atoms with van der Waals surface area (Å²) in [5.41, 5.74) is 2.60. The van der Waals surface area contributed by atoms with Crippen LogP contribution in [0.15, 0.2) is 30.6 Å². The highest BCUT2D eigenvalue weighted by molar-refractivity contribution is 5.90. The Morgan fingerprint density at radius 1 is 1.08 bits per heavy atom. The molecule has 1 aromatic carbocycles. The Morgan fingerprint density at radius 2 is 1.89 bits per heavy atom. The van der Waals surface area contributed by atoms with Gasteiger partial charge in [-0.3, -0.25) is 4.68 Å². The van der Waals surface area contributed by atoms with Crippen LogP contribution in [-0.4, -0.2) is 62.6 Å². The number of aromatic nitrogens is 6. The lowest BCUT2D eigenvalue weighted by Gasteiger charge is -2.36. The molecular formula is C25H28F2N8O. The Morgan fingerprint density at radius 3 is 2.61 bits per heavy atom. The number of fused-ring (bicyclic) bond motifs is 1. The van der Waals surface area contributed by atoms with E-state index in [0.29, 0.717) is 47.9 Å². The molecule has 2 aliphatic rings. The van der Waals surface area contributed by atoms with E-state index in [0.717, 1.165) is 24.5 Å². The van der Waals surface area contributed by atoms with E-state index in [4.69, 9.17) is 19.7 Å². The quantitative estimate of drug-likeness (QED) is 0.417. The maximum absolute atomic E-state index is 15.0. The van der Waals surface area contributed by atoms with Crippen molar-refractivity contribution >= 4 is 23.1 Å². The van der Waals surface area contributed by atoms with E-state index in [1.54, 1.807) is 0 Å². The molecule has 0 spiro atoms. The molecule has 6 rings (SSSR count). The van der Waals surface area contributed by atoms with E-state index in [-0.39, 0.29) is 17.8 Å². The Balaban J connectivity index is 1.44. The molecule has 4 aromatic rings. The van der Waals surface area contributed by atoms with Gasteiger partial charge in [0.25, 0.3) is 0 Å². The number of halogens is 2. The van der Waals surface area contributed by atoms with Gasteiger partial charge in [0.05, 0.1) is 24.9 Å². The van der Waals surface area contributed by atoms with E-state index >= 15 is 0 Å². The average molecular weight is 495 g/mol. The first-order chi connectivity index (χ1) is 17.3. The summed E-state index contributed by atoms with van der Waals surface area (Å²) >= 11 is 0. The number of morpholine rings is 1. The van der Waals surface area contributed by atoms with Gasteiger partial charge in [-0.25, -0.2) is 13.8 Å². The number of ether oxygens (including phenoxy) is 1. The summed E-state index contributed by atoms with van der Waals surface area (Å²) < 4.78 is 38.8. The van der Waals surface area contributed by atoms with Crippen molar-refractivity contribution < 1.29 is 13.5 Å². The van der Waals surface area contributed by atoms with Crippen LogP contribution in [0.2, 0.25) is 0 Å². The van der Waals surface area contributed by atoms with Crippen LogP contribution in [0.3, 0.4) is 0 Å². The topological polar surface area (TPSA) is 77.1 Å². The minimum absolute atomic E-state index is 0.0839. The van der Waals surface area contributed by atoms with Crippen molar-refractivity contribution in [3.8, 4) is 11.3 Å². The van der Waals surface area contributed by atoms with Gasteiger partial charge < -0.3 is 19.1 Å². The van der Waals surface area contributed by atoms with E-state index in [1.165, 1.54) is 12.1 Å². The van der Waals surface area contributed by atoms with Gasteiger partial charge >= 0.3 is 0 Å². The molecule has 0 amide bonds. The van der Waals surface area contributed by atoms with Crippen LogP contribution in [0.25, 0.3) is 22.4 Å². The zero-order chi connectivity index (χ0) is 25.1. The second-order valence-electron chi connectivity index (χ2n) is 9.86. The van der Waals surface area contributed by atoms with Crippen molar-refractivity contribution in [1.29, 1.82) is 0 Å². The average Bonchev–Trinajstić information content (AvgIpc) is 3.46. The number of nitrogens with zero attached hydrogens (tertiary/aromatic N) is 8. The first-order valence-electron chi connectivity index (χ1n) is 12.1. The molecule has 3 aromatic heterocycles. The molecule has 1 aliphatic carbocycles. The highest BCUT2D eigenvalue weighted by Crippen LogP contribution is 2.37. The lowest BCUT2D eigenvalue weighted by Crippen LogP contribution is -2.43. The Kier molecular flexibility index (Phi) is 5.40. The van der Waals surface area contributed by atoms with E-state index in [1.807, 2.05) is 53.3 Å². The molecule has 0 N–H and O–H groups in total. The second-order valence-corrected chi connectivity index (χ2v) is 9.86. The Bertz CT molecular complexity index is 1440. The number of anilines is 2. The molecular weight excluding hydrogens is 466 g/mol. The predicted molar refractivity (Wildman–Crippen MR) is 132 cm³/mol. The van der Waals surface area contributed by atoms with Crippen molar-refractivity contribution in [3.63, 3.8) is 0 Å². The molecule has 1 saturated carbocycles. The minimum Gasteiger partial charge on any atom is -0.367 e. The molecule has 2 atom stereocenters. The Labute approximate surface area is 207 Å². The molecule has 188 valence electrons.